The molecule has 0 aliphatic rings. The molecule has 0 radical (unpaired) electrons. The molecule has 0 heterocycles. The summed E-state index contributed by atoms with van der Waals surface area (Å²) >= 11 is 0. The number of hydrogen-bond acceptors (Lipinski definition) is 6. The topological polar surface area (TPSA) is 136 Å². The van der Waals surface area contributed by atoms with Crippen LogP contribution >= 0.6 is 0 Å². The zero-order valence-electron chi connectivity index (χ0n) is 13.8. The van der Waals surface area contributed by atoms with Crippen LogP contribution in [0.15, 0.2) is 42.5 Å². The number of amides is 2. The highest BCUT2D eigenvalue weighted by Gasteiger charge is 2.20. The van der Waals surface area contributed by atoms with Crippen LogP contribution in [0.2, 0.25) is 0 Å². The van der Waals surface area contributed by atoms with Gasteiger partial charge in [-0.3, -0.25) is 29.8 Å². The molecule has 10 nitrogen and oxygen atoms in total. The fourth-order valence-electron chi connectivity index (χ4n) is 2.11. The molecule has 0 spiro atoms. The standard InChI is InChI=1S/C16H14N4O6/c1-10(21)18(2)13-5-3-4-12(8-13)17-16(22)11-6-14(19(23)24)9-15(7-11)20(25)26/h3-9H,1-2H3,(H,17,22). The van der Waals surface area contributed by atoms with E-state index in [4.69, 9.17) is 0 Å². The van der Waals surface area contributed by atoms with Gasteiger partial charge in [-0.25, -0.2) is 0 Å². The van der Waals surface area contributed by atoms with E-state index in [2.05, 4.69) is 5.32 Å². The lowest BCUT2D eigenvalue weighted by Gasteiger charge is -2.16. The van der Waals surface area contributed by atoms with Crippen molar-refractivity contribution in [1.82, 2.24) is 0 Å². The van der Waals surface area contributed by atoms with Crippen LogP contribution in [0.25, 0.3) is 0 Å². The van der Waals surface area contributed by atoms with Crippen LogP contribution in [-0.2, 0) is 4.79 Å². The van der Waals surface area contributed by atoms with E-state index in [1.807, 2.05) is 0 Å². The second kappa shape index (κ2) is 7.38. The molecule has 0 aliphatic carbocycles. The van der Waals surface area contributed by atoms with Gasteiger partial charge in [0.1, 0.15) is 0 Å². The van der Waals surface area contributed by atoms with Crippen LogP contribution in [0.3, 0.4) is 0 Å². The minimum absolute atomic E-state index is 0.206. The molecule has 0 saturated heterocycles. The van der Waals surface area contributed by atoms with E-state index < -0.39 is 27.1 Å². The number of nitrogens with zero attached hydrogens (tertiary/aromatic N) is 3. The maximum absolute atomic E-state index is 12.3. The SMILES string of the molecule is CC(=O)N(C)c1cccc(NC(=O)c2cc([N+](=O)[O-])cc([N+](=O)[O-])c2)c1. The highest BCUT2D eigenvalue weighted by Crippen LogP contribution is 2.24. The first-order valence-corrected chi connectivity index (χ1v) is 7.28. The summed E-state index contributed by atoms with van der Waals surface area (Å²) in [4.78, 5) is 45.3. The van der Waals surface area contributed by atoms with Gasteiger partial charge in [0.2, 0.25) is 5.91 Å². The smallest absolute Gasteiger partial charge is 0.277 e. The van der Waals surface area contributed by atoms with Crippen molar-refractivity contribution < 1.29 is 19.4 Å². The molecule has 10 heteroatoms. The molecule has 134 valence electrons. The summed E-state index contributed by atoms with van der Waals surface area (Å²) in [6.45, 7) is 1.38. The Labute approximate surface area is 147 Å². The third-order valence-corrected chi connectivity index (χ3v) is 3.55. The second-order valence-electron chi connectivity index (χ2n) is 5.33. The maximum atomic E-state index is 12.3. The maximum Gasteiger partial charge on any atom is 0.277 e. The number of rotatable bonds is 5. The highest BCUT2D eigenvalue weighted by atomic mass is 16.6. The van der Waals surface area contributed by atoms with Crippen molar-refractivity contribution in [2.45, 2.75) is 6.92 Å². The number of non-ortho nitro benzene ring substituents is 2. The highest BCUT2D eigenvalue weighted by molar-refractivity contribution is 6.05. The van der Waals surface area contributed by atoms with Gasteiger partial charge in [-0.2, -0.15) is 0 Å². The fourth-order valence-corrected chi connectivity index (χ4v) is 2.11. The number of carbonyl (C=O) groups is 2. The lowest BCUT2D eigenvalue weighted by molar-refractivity contribution is -0.394. The Morgan fingerprint density at radius 2 is 1.58 bits per heavy atom. The lowest BCUT2D eigenvalue weighted by Crippen LogP contribution is -2.23. The molecule has 0 saturated carbocycles. The fraction of sp³-hybridized carbons (Fsp3) is 0.125. The normalized spacial score (nSPS) is 10.1. The summed E-state index contributed by atoms with van der Waals surface area (Å²) in [6, 6.07) is 9.04. The summed E-state index contributed by atoms with van der Waals surface area (Å²) < 4.78 is 0. The minimum Gasteiger partial charge on any atom is -0.322 e. The Morgan fingerprint density at radius 3 is 2.08 bits per heavy atom. The van der Waals surface area contributed by atoms with E-state index >= 15 is 0 Å². The van der Waals surface area contributed by atoms with Crippen molar-refractivity contribution in [2.24, 2.45) is 0 Å². The molecule has 2 amide bonds. The number of nitro groups is 2. The molecule has 0 bridgehead atoms. The third-order valence-electron chi connectivity index (χ3n) is 3.55. The number of carbonyl (C=O) groups excluding carboxylic acids is 2. The van der Waals surface area contributed by atoms with Gasteiger partial charge >= 0.3 is 0 Å². The van der Waals surface area contributed by atoms with E-state index in [-0.39, 0.29) is 11.5 Å². The van der Waals surface area contributed by atoms with Crippen molar-refractivity contribution in [1.29, 1.82) is 0 Å². The summed E-state index contributed by atoms with van der Waals surface area (Å²) in [5.41, 5.74) is -0.491. The Kier molecular flexibility index (Phi) is 5.26. The molecule has 26 heavy (non-hydrogen) atoms. The van der Waals surface area contributed by atoms with Gasteiger partial charge < -0.3 is 10.2 Å². The number of nitrogens with one attached hydrogen (secondary N) is 1. The second-order valence-corrected chi connectivity index (χ2v) is 5.33. The van der Waals surface area contributed by atoms with Gasteiger partial charge in [0.05, 0.1) is 21.5 Å². The zero-order valence-corrected chi connectivity index (χ0v) is 13.8. The average Bonchev–Trinajstić information content (AvgIpc) is 2.60. The average molecular weight is 358 g/mol. The van der Waals surface area contributed by atoms with E-state index in [0.717, 1.165) is 18.2 Å². The molecule has 2 aromatic carbocycles. The lowest BCUT2D eigenvalue weighted by atomic mass is 10.1. The number of anilines is 2. The number of benzene rings is 2. The van der Waals surface area contributed by atoms with E-state index in [1.54, 1.807) is 25.2 Å². The number of hydrogen-bond donors (Lipinski definition) is 1. The van der Waals surface area contributed by atoms with Crippen molar-refractivity contribution in [3.63, 3.8) is 0 Å². The summed E-state index contributed by atoms with van der Waals surface area (Å²) in [7, 11) is 1.56. The molecule has 0 atom stereocenters. The molecule has 1 N–H and O–H groups in total. The minimum atomic E-state index is -0.813. The summed E-state index contributed by atoms with van der Waals surface area (Å²) in [6.07, 6.45) is 0. The van der Waals surface area contributed by atoms with E-state index in [0.29, 0.717) is 11.4 Å². The van der Waals surface area contributed by atoms with Gasteiger partial charge in [0, 0.05) is 37.5 Å². The van der Waals surface area contributed by atoms with E-state index in [9.17, 15) is 29.8 Å². The Morgan fingerprint density at radius 1 is 1.00 bits per heavy atom. The van der Waals surface area contributed by atoms with Crippen molar-refractivity contribution in [3.8, 4) is 0 Å². The van der Waals surface area contributed by atoms with Crippen LogP contribution in [0, 0.1) is 20.2 Å². The molecule has 0 aliphatic heterocycles. The molecular weight excluding hydrogens is 344 g/mol. The van der Waals surface area contributed by atoms with Gasteiger partial charge in [-0.1, -0.05) is 6.07 Å². The van der Waals surface area contributed by atoms with Gasteiger partial charge in [-0.15, -0.1) is 0 Å². The third kappa shape index (κ3) is 4.17. The number of nitro benzene ring substituents is 2. The van der Waals surface area contributed by atoms with Crippen LogP contribution in [-0.4, -0.2) is 28.7 Å². The van der Waals surface area contributed by atoms with Crippen molar-refractivity contribution in [2.75, 3.05) is 17.3 Å². The molecular formula is C16H14N4O6. The Balaban J connectivity index is 2.33. The molecule has 2 rings (SSSR count). The van der Waals surface area contributed by atoms with Crippen molar-refractivity contribution in [3.05, 3.63) is 68.3 Å². The largest absolute Gasteiger partial charge is 0.322 e. The van der Waals surface area contributed by atoms with Gasteiger partial charge in [-0.05, 0) is 18.2 Å². The predicted octanol–water partition coefficient (Wildman–Crippen LogP) is 2.74. The first-order chi connectivity index (χ1) is 12.2. The summed E-state index contributed by atoms with van der Waals surface area (Å²) in [5.74, 6) is -0.956. The molecule has 0 unspecified atom stereocenters. The van der Waals surface area contributed by atoms with Crippen LogP contribution < -0.4 is 10.2 Å². The Hall–Kier alpha value is -3.82. The summed E-state index contributed by atoms with van der Waals surface area (Å²) in [5, 5.41) is 24.3. The van der Waals surface area contributed by atoms with Gasteiger partial charge in [0.15, 0.2) is 0 Å². The van der Waals surface area contributed by atoms with Crippen LogP contribution in [0.5, 0.6) is 0 Å². The van der Waals surface area contributed by atoms with Crippen molar-refractivity contribution >= 4 is 34.6 Å². The Bertz CT molecular complexity index is 879. The van der Waals surface area contributed by atoms with E-state index in [1.165, 1.54) is 17.9 Å². The first-order valence-electron chi connectivity index (χ1n) is 7.28. The quantitative estimate of drug-likeness (QED) is 0.644. The molecule has 0 fully saturated rings. The molecule has 2 aromatic rings. The van der Waals surface area contributed by atoms with Gasteiger partial charge in [0.25, 0.3) is 17.3 Å². The monoisotopic (exact) mass is 358 g/mol. The zero-order chi connectivity index (χ0) is 19.4. The predicted molar refractivity (Wildman–Crippen MR) is 93.2 cm³/mol. The molecule has 0 aromatic heterocycles. The first kappa shape index (κ1) is 18.5. The van der Waals surface area contributed by atoms with Crippen LogP contribution in [0.1, 0.15) is 17.3 Å². The van der Waals surface area contributed by atoms with Crippen LogP contribution in [0.4, 0.5) is 22.7 Å².